The molecule has 0 radical (unpaired) electrons. The van der Waals surface area contributed by atoms with E-state index >= 15 is 0 Å². The fourth-order valence-corrected chi connectivity index (χ4v) is 3.08. The van der Waals surface area contributed by atoms with Crippen LogP contribution in [0.2, 0.25) is 0 Å². The Morgan fingerprint density at radius 2 is 1.81 bits per heavy atom. The Balaban J connectivity index is 0.00000261. The van der Waals surface area contributed by atoms with E-state index in [9.17, 15) is 5.11 Å². The van der Waals surface area contributed by atoms with Crippen molar-refractivity contribution in [2.75, 3.05) is 13.1 Å². The lowest BCUT2D eigenvalue weighted by Crippen LogP contribution is -2.38. The largest absolute Gasteiger partial charge is 0.508 e. The molecule has 3 aromatic rings. The van der Waals surface area contributed by atoms with Gasteiger partial charge in [0.1, 0.15) is 5.75 Å². The van der Waals surface area contributed by atoms with Crippen LogP contribution in [0.15, 0.2) is 53.5 Å². The van der Waals surface area contributed by atoms with Crippen LogP contribution in [0.25, 0.3) is 10.9 Å². The van der Waals surface area contributed by atoms with E-state index in [1.165, 1.54) is 22.2 Å². The number of hydrogen-bond acceptors (Lipinski definition) is 2. The second-order valence-corrected chi connectivity index (χ2v) is 6.31. The van der Waals surface area contributed by atoms with Gasteiger partial charge in [0.15, 0.2) is 5.96 Å². The number of aromatic hydroxyl groups is 1. The van der Waals surface area contributed by atoms with Crippen LogP contribution in [0, 0.1) is 6.92 Å². The van der Waals surface area contributed by atoms with Gasteiger partial charge in [0.25, 0.3) is 0 Å². The van der Waals surface area contributed by atoms with E-state index in [0.717, 1.165) is 31.0 Å². The first-order valence-electron chi connectivity index (χ1n) is 9.03. The summed E-state index contributed by atoms with van der Waals surface area (Å²) in [4.78, 5) is 8.07. The third-order valence-corrected chi connectivity index (χ3v) is 4.39. The second-order valence-electron chi connectivity index (χ2n) is 6.31. The molecule has 0 amide bonds. The van der Waals surface area contributed by atoms with E-state index in [1.54, 1.807) is 12.1 Å². The zero-order valence-corrected chi connectivity index (χ0v) is 18.1. The van der Waals surface area contributed by atoms with Crippen LogP contribution < -0.4 is 10.6 Å². The molecule has 0 aliphatic heterocycles. The highest BCUT2D eigenvalue weighted by molar-refractivity contribution is 14.0. The lowest BCUT2D eigenvalue weighted by molar-refractivity contribution is 0.475. The molecule has 144 valence electrons. The van der Waals surface area contributed by atoms with Crippen LogP contribution in [0.5, 0.6) is 5.75 Å². The van der Waals surface area contributed by atoms with Crippen LogP contribution in [0.4, 0.5) is 0 Å². The molecule has 0 aliphatic carbocycles. The van der Waals surface area contributed by atoms with Crippen molar-refractivity contribution in [2.45, 2.75) is 26.8 Å². The molecule has 1 aromatic heterocycles. The molecule has 3 rings (SSSR count). The van der Waals surface area contributed by atoms with Crippen molar-refractivity contribution in [3.63, 3.8) is 0 Å². The number of aliphatic imine (C=N–C) groups is 1. The monoisotopic (exact) mass is 478 g/mol. The minimum absolute atomic E-state index is 0. The van der Waals surface area contributed by atoms with Gasteiger partial charge < -0.3 is 20.7 Å². The van der Waals surface area contributed by atoms with Gasteiger partial charge in [-0.15, -0.1) is 24.0 Å². The highest BCUT2D eigenvalue weighted by atomic mass is 127. The summed E-state index contributed by atoms with van der Waals surface area (Å²) in [6, 6.07) is 15.6. The number of para-hydroxylation sites is 1. The first-order chi connectivity index (χ1) is 12.7. The smallest absolute Gasteiger partial charge is 0.191 e. The Labute approximate surface area is 177 Å². The standard InChI is InChI=1S/C21H26N4O.HI/c1-3-22-21(24-14-16-8-10-17(26)11-9-16)23-13-12-18-15(2)25-20-7-5-4-6-19(18)20;/h4-11,25-26H,3,12-14H2,1-2H3,(H2,22,23,24);1H. The van der Waals surface area contributed by atoms with Crippen LogP contribution >= 0.6 is 24.0 Å². The van der Waals surface area contributed by atoms with Crippen LogP contribution in [-0.4, -0.2) is 29.1 Å². The predicted molar refractivity (Wildman–Crippen MR) is 123 cm³/mol. The summed E-state index contributed by atoms with van der Waals surface area (Å²) in [5.74, 6) is 1.08. The van der Waals surface area contributed by atoms with E-state index in [0.29, 0.717) is 6.54 Å². The number of guanidine groups is 1. The molecule has 0 saturated carbocycles. The van der Waals surface area contributed by atoms with Gasteiger partial charge in [-0.05, 0) is 49.6 Å². The van der Waals surface area contributed by atoms with Crippen LogP contribution in [0.1, 0.15) is 23.7 Å². The summed E-state index contributed by atoms with van der Waals surface area (Å²) in [6.07, 6.45) is 0.930. The molecule has 4 N–H and O–H groups in total. The number of aryl methyl sites for hydroxylation is 1. The highest BCUT2D eigenvalue weighted by Gasteiger charge is 2.07. The molecule has 0 saturated heterocycles. The number of H-pyrrole nitrogens is 1. The number of aromatic amines is 1. The van der Waals surface area contributed by atoms with Crippen molar-refractivity contribution in [1.29, 1.82) is 0 Å². The third kappa shape index (κ3) is 5.63. The van der Waals surface area contributed by atoms with Gasteiger partial charge in [0.2, 0.25) is 0 Å². The van der Waals surface area contributed by atoms with Crippen LogP contribution in [-0.2, 0) is 13.0 Å². The Morgan fingerprint density at radius 1 is 1.07 bits per heavy atom. The topological polar surface area (TPSA) is 72.4 Å². The van der Waals surface area contributed by atoms with Crippen molar-refractivity contribution in [2.24, 2.45) is 4.99 Å². The number of benzene rings is 2. The lowest BCUT2D eigenvalue weighted by atomic mass is 10.1. The number of halogens is 1. The minimum Gasteiger partial charge on any atom is -0.508 e. The molecule has 0 atom stereocenters. The summed E-state index contributed by atoms with van der Waals surface area (Å²) < 4.78 is 0. The van der Waals surface area contributed by atoms with Gasteiger partial charge in [-0.25, -0.2) is 4.99 Å². The maximum absolute atomic E-state index is 9.36. The van der Waals surface area contributed by atoms with E-state index in [-0.39, 0.29) is 29.7 Å². The summed E-state index contributed by atoms with van der Waals surface area (Å²) in [7, 11) is 0. The van der Waals surface area contributed by atoms with Crippen molar-refractivity contribution in [1.82, 2.24) is 15.6 Å². The molecular weight excluding hydrogens is 451 g/mol. The number of phenolic OH excluding ortho intramolecular Hbond substituents is 1. The van der Waals surface area contributed by atoms with Gasteiger partial charge in [0, 0.05) is 29.7 Å². The molecule has 0 spiro atoms. The van der Waals surface area contributed by atoms with E-state index in [1.807, 2.05) is 12.1 Å². The summed E-state index contributed by atoms with van der Waals surface area (Å²) in [6.45, 7) is 6.38. The van der Waals surface area contributed by atoms with Gasteiger partial charge in [-0.3, -0.25) is 0 Å². The first-order valence-corrected chi connectivity index (χ1v) is 9.03. The Bertz CT molecular complexity index is 887. The second kappa shape index (κ2) is 10.2. The maximum atomic E-state index is 9.36. The Hall–Kier alpha value is -2.22. The van der Waals surface area contributed by atoms with Crippen molar-refractivity contribution >= 4 is 40.8 Å². The molecule has 27 heavy (non-hydrogen) atoms. The maximum Gasteiger partial charge on any atom is 0.191 e. The lowest BCUT2D eigenvalue weighted by Gasteiger charge is -2.11. The number of nitrogens with one attached hydrogen (secondary N) is 3. The fraction of sp³-hybridized carbons (Fsp3) is 0.286. The molecule has 0 unspecified atom stereocenters. The predicted octanol–water partition coefficient (Wildman–Crippen LogP) is 4.10. The van der Waals surface area contributed by atoms with Gasteiger partial charge >= 0.3 is 0 Å². The quantitative estimate of drug-likeness (QED) is 0.245. The van der Waals surface area contributed by atoms with Crippen molar-refractivity contribution in [3.8, 4) is 5.75 Å². The molecule has 0 bridgehead atoms. The molecule has 0 fully saturated rings. The van der Waals surface area contributed by atoms with E-state index < -0.39 is 0 Å². The molecule has 2 aromatic carbocycles. The van der Waals surface area contributed by atoms with Crippen LogP contribution in [0.3, 0.4) is 0 Å². The molecule has 0 aliphatic rings. The normalized spacial score (nSPS) is 11.3. The zero-order valence-electron chi connectivity index (χ0n) is 15.7. The summed E-state index contributed by atoms with van der Waals surface area (Å²) in [5.41, 5.74) is 4.82. The average molecular weight is 478 g/mol. The average Bonchev–Trinajstić information content (AvgIpc) is 2.96. The number of rotatable bonds is 6. The van der Waals surface area contributed by atoms with E-state index in [2.05, 4.69) is 58.7 Å². The summed E-state index contributed by atoms with van der Waals surface area (Å²) >= 11 is 0. The number of nitrogens with zero attached hydrogens (tertiary/aromatic N) is 1. The molecule has 6 heteroatoms. The van der Waals surface area contributed by atoms with Crippen molar-refractivity contribution < 1.29 is 5.11 Å². The fourth-order valence-electron chi connectivity index (χ4n) is 3.08. The SMILES string of the molecule is CCNC(=NCc1ccc(O)cc1)NCCc1c(C)[nH]c2ccccc12.I. The zero-order chi connectivity index (χ0) is 18.4. The number of fused-ring (bicyclic) bond motifs is 1. The first kappa shape index (κ1) is 21.1. The van der Waals surface area contributed by atoms with Gasteiger partial charge in [0.05, 0.1) is 6.54 Å². The highest BCUT2D eigenvalue weighted by Crippen LogP contribution is 2.21. The Morgan fingerprint density at radius 3 is 2.56 bits per heavy atom. The molecule has 1 heterocycles. The van der Waals surface area contributed by atoms with Crippen molar-refractivity contribution in [3.05, 3.63) is 65.4 Å². The third-order valence-electron chi connectivity index (χ3n) is 4.39. The minimum atomic E-state index is 0. The number of hydrogen-bond donors (Lipinski definition) is 4. The molecule has 5 nitrogen and oxygen atoms in total. The number of phenols is 1. The van der Waals surface area contributed by atoms with Gasteiger partial charge in [-0.1, -0.05) is 30.3 Å². The molecular formula is C21H27IN4O. The summed E-state index contributed by atoms with van der Waals surface area (Å²) in [5, 5.41) is 17.3. The van der Waals surface area contributed by atoms with Gasteiger partial charge in [-0.2, -0.15) is 0 Å². The van der Waals surface area contributed by atoms with E-state index in [4.69, 9.17) is 0 Å². The number of aromatic nitrogens is 1. The Kier molecular flexibility index (Phi) is 7.97.